The van der Waals surface area contributed by atoms with Crippen LogP contribution in [-0.4, -0.2) is 15.1 Å². The standard InChI is InChI=1S/C14H24N2O/c1-4-5-6-7-14(17,10-12(2)3)13-11-15-8-9-16-13/h8-9,11-12,17H,4-7,10H2,1-3H3. The van der Waals surface area contributed by atoms with Gasteiger partial charge in [0.15, 0.2) is 0 Å². The maximum atomic E-state index is 10.8. The van der Waals surface area contributed by atoms with Gasteiger partial charge in [0, 0.05) is 12.4 Å². The average molecular weight is 236 g/mol. The van der Waals surface area contributed by atoms with Gasteiger partial charge < -0.3 is 5.11 Å². The van der Waals surface area contributed by atoms with Gasteiger partial charge in [-0.3, -0.25) is 9.97 Å². The van der Waals surface area contributed by atoms with Crippen molar-refractivity contribution in [2.24, 2.45) is 5.92 Å². The highest BCUT2D eigenvalue weighted by molar-refractivity contribution is 5.08. The summed E-state index contributed by atoms with van der Waals surface area (Å²) in [7, 11) is 0. The van der Waals surface area contributed by atoms with Crippen LogP contribution in [0.3, 0.4) is 0 Å². The Labute approximate surface area is 104 Å². The Balaban J connectivity index is 2.78. The van der Waals surface area contributed by atoms with Crippen molar-refractivity contribution in [3.05, 3.63) is 24.3 Å². The van der Waals surface area contributed by atoms with Crippen LogP contribution in [0.25, 0.3) is 0 Å². The lowest BCUT2D eigenvalue weighted by atomic mass is 9.85. The first kappa shape index (κ1) is 14.1. The summed E-state index contributed by atoms with van der Waals surface area (Å²) in [6.07, 6.45) is 9.86. The summed E-state index contributed by atoms with van der Waals surface area (Å²) in [6, 6.07) is 0. The minimum Gasteiger partial charge on any atom is -0.383 e. The second kappa shape index (κ2) is 6.70. The van der Waals surface area contributed by atoms with Crippen LogP contribution in [0.15, 0.2) is 18.6 Å². The molecule has 1 unspecified atom stereocenters. The van der Waals surface area contributed by atoms with Crippen LogP contribution in [0, 0.1) is 5.92 Å². The molecule has 3 nitrogen and oxygen atoms in total. The number of aliphatic hydroxyl groups is 1. The predicted molar refractivity (Wildman–Crippen MR) is 69.5 cm³/mol. The second-order valence-electron chi connectivity index (χ2n) is 5.18. The van der Waals surface area contributed by atoms with E-state index in [9.17, 15) is 5.11 Å². The summed E-state index contributed by atoms with van der Waals surface area (Å²) in [5.74, 6) is 0.448. The molecule has 0 saturated carbocycles. The Bertz CT molecular complexity index is 313. The molecule has 0 bridgehead atoms. The number of aromatic nitrogens is 2. The predicted octanol–water partition coefficient (Wildman–Crippen LogP) is 3.29. The van der Waals surface area contributed by atoms with Gasteiger partial charge in [-0.1, -0.05) is 40.0 Å². The molecule has 0 saturated heterocycles. The van der Waals surface area contributed by atoms with Gasteiger partial charge in [0.1, 0.15) is 5.60 Å². The quantitative estimate of drug-likeness (QED) is 0.739. The van der Waals surface area contributed by atoms with Crippen molar-refractivity contribution < 1.29 is 5.11 Å². The minimum absolute atomic E-state index is 0.448. The van der Waals surface area contributed by atoms with Gasteiger partial charge >= 0.3 is 0 Å². The molecule has 96 valence electrons. The van der Waals surface area contributed by atoms with Crippen LogP contribution in [0.2, 0.25) is 0 Å². The summed E-state index contributed by atoms with van der Waals surface area (Å²) in [5, 5.41) is 10.8. The maximum Gasteiger partial charge on any atom is 0.108 e. The first-order valence-corrected chi connectivity index (χ1v) is 6.57. The van der Waals surface area contributed by atoms with Crippen molar-refractivity contribution in [3.8, 4) is 0 Å². The zero-order valence-electron chi connectivity index (χ0n) is 11.2. The lowest BCUT2D eigenvalue weighted by molar-refractivity contribution is -0.000111. The van der Waals surface area contributed by atoms with E-state index in [0.29, 0.717) is 11.6 Å². The fourth-order valence-electron chi connectivity index (χ4n) is 2.22. The Morgan fingerprint density at radius 1 is 1.29 bits per heavy atom. The van der Waals surface area contributed by atoms with E-state index in [1.165, 1.54) is 0 Å². The number of hydrogen-bond acceptors (Lipinski definition) is 3. The number of hydrogen-bond donors (Lipinski definition) is 1. The second-order valence-corrected chi connectivity index (χ2v) is 5.18. The Morgan fingerprint density at radius 3 is 2.59 bits per heavy atom. The minimum atomic E-state index is -0.808. The van der Waals surface area contributed by atoms with Gasteiger partial charge in [0.25, 0.3) is 0 Å². The van der Waals surface area contributed by atoms with Gasteiger partial charge in [-0.15, -0.1) is 0 Å². The molecular formula is C14H24N2O. The van der Waals surface area contributed by atoms with Crippen molar-refractivity contribution in [2.75, 3.05) is 0 Å². The smallest absolute Gasteiger partial charge is 0.108 e. The van der Waals surface area contributed by atoms with Gasteiger partial charge in [-0.2, -0.15) is 0 Å². The summed E-state index contributed by atoms with van der Waals surface area (Å²) >= 11 is 0. The van der Waals surface area contributed by atoms with E-state index in [2.05, 4.69) is 30.7 Å². The molecule has 0 aliphatic rings. The molecule has 0 amide bonds. The molecule has 1 heterocycles. The molecule has 1 rings (SSSR count). The van der Waals surface area contributed by atoms with Gasteiger partial charge in [0.05, 0.1) is 11.9 Å². The third-order valence-corrected chi connectivity index (χ3v) is 2.98. The van der Waals surface area contributed by atoms with Crippen molar-refractivity contribution in [1.29, 1.82) is 0 Å². The summed E-state index contributed by atoms with van der Waals surface area (Å²) in [5.41, 5.74) is -0.0952. The molecule has 0 aliphatic heterocycles. The number of rotatable bonds is 7. The summed E-state index contributed by atoms with van der Waals surface area (Å²) in [4.78, 5) is 8.33. The Kier molecular flexibility index (Phi) is 5.56. The lowest BCUT2D eigenvalue weighted by Gasteiger charge is -2.29. The SMILES string of the molecule is CCCCCC(O)(CC(C)C)c1cnccn1. The zero-order valence-corrected chi connectivity index (χ0v) is 11.2. The molecule has 1 aromatic rings. The molecule has 17 heavy (non-hydrogen) atoms. The largest absolute Gasteiger partial charge is 0.383 e. The van der Waals surface area contributed by atoms with Gasteiger partial charge in [-0.25, -0.2) is 0 Å². The van der Waals surface area contributed by atoms with E-state index >= 15 is 0 Å². The van der Waals surface area contributed by atoms with E-state index in [0.717, 1.165) is 32.1 Å². The zero-order chi connectivity index (χ0) is 12.7. The average Bonchev–Trinajstić information content (AvgIpc) is 2.29. The van der Waals surface area contributed by atoms with E-state index in [1.807, 2.05) is 0 Å². The van der Waals surface area contributed by atoms with E-state index < -0.39 is 5.60 Å². The van der Waals surface area contributed by atoms with E-state index in [-0.39, 0.29) is 0 Å². The molecule has 0 aliphatic carbocycles. The van der Waals surface area contributed by atoms with E-state index in [1.54, 1.807) is 18.6 Å². The Morgan fingerprint density at radius 2 is 2.06 bits per heavy atom. The molecular weight excluding hydrogens is 212 g/mol. The number of unbranched alkanes of at least 4 members (excludes halogenated alkanes) is 2. The molecule has 0 spiro atoms. The van der Waals surface area contributed by atoms with Crippen LogP contribution in [0.5, 0.6) is 0 Å². The highest BCUT2D eigenvalue weighted by atomic mass is 16.3. The molecule has 1 atom stereocenters. The third-order valence-electron chi connectivity index (χ3n) is 2.98. The van der Waals surface area contributed by atoms with Crippen molar-refractivity contribution >= 4 is 0 Å². The molecule has 0 radical (unpaired) electrons. The molecule has 0 aromatic carbocycles. The molecule has 1 N–H and O–H groups in total. The van der Waals surface area contributed by atoms with Crippen LogP contribution in [0.1, 0.15) is 58.6 Å². The normalized spacial score (nSPS) is 14.9. The topological polar surface area (TPSA) is 46.0 Å². The fourth-order valence-corrected chi connectivity index (χ4v) is 2.22. The molecule has 1 aromatic heterocycles. The lowest BCUT2D eigenvalue weighted by Crippen LogP contribution is -2.29. The first-order chi connectivity index (χ1) is 8.08. The highest BCUT2D eigenvalue weighted by Crippen LogP contribution is 2.32. The maximum absolute atomic E-state index is 10.8. The van der Waals surface area contributed by atoms with E-state index in [4.69, 9.17) is 0 Å². The molecule has 3 heteroatoms. The van der Waals surface area contributed by atoms with Gasteiger partial charge in [-0.05, 0) is 18.8 Å². The van der Waals surface area contributed by atoms with Crippen molar-refractivity contribution in [2.45, 2.75) is 58.5 Å². The number of nitrogens with zero attached hydrogens (tertiary/aromatic N) is 2. The van der Waals surface area contributed by atoms with Crippen LogP contribution < -0.4 is 0 Å². The fraction of sp³-hybridized carbons (Fsp3) is 0.714. The van der Waals surface area contributed by atoms with Crippen LogP contribution in [0.4, 0.5) is 0 Å². The highest BCUT2D eigenvalue weighted by Gasteiger charge is 2.31. The van der Waals surface area contributed by atoms with Crippen LogP contribution >= 0.6 is 0 Å². The van der Waals surface area contributed by atoms with Crippen molar-refractivity contribution in [1.82, 2.24) is 9.97 Å². The Hall–Kier alpha value is -0.960. The van der Waals surface area contributed by atoms with Crippen LogP contribution in [-0.2, 0) is 5.60 Å². The van der Waals surface area contributed by atoms with Gasteiger partial charge in [0.2, 0.25) is 0 Å². The molecule has 0 fully saturated rings. The summed E-state index contributed by atoms with van der Waals surface area (Å²) in [6.45, 7) is 6.42. The third kappa shape index (κ3) is 4.43. The van der Waals surface area contributed by atoms with Crippen molar-refractivity contribution in [3.63, 3.8) is 0 Å². The summed E-state index contributed by atoms with van der Waals surface area (Å²) < 4.78 is 0. The first-order valence-electron chi connectivity index (χ1n) is 6.57. The monoisotopic (exact) mass is 236 g/mol.